The number of thiophene rings is 1. The van der Waals surface area contributed by atoms with E-state index in [-0.39, 0.29) is 6.04 Å². The molecule has 144 valence electrons. The molecule has 0 aliphatic heterocycles. The van der Waals surface area contributed by atoms with Crippen LogP contribution < -0.4 is 10.6 Å². The zero-order chi connectivity index (χ0) is 19.3. The second-order valence-corrected chi connectivity index (χ2v) is 7.52. The number of H-pyrrole nitrogens is 1. The highest BCUT2D eigenvalue weighted by molar-refractivity contribution is 7.10. The first-order valence-corrected chi connectivity index (χ1v) is 9.87. The first kappa shape index (κ1) is 18.2. The van der Waals surface area contributed by atoms with Crippen molar-refractivity contribution < 1.29 is 4.42 Å². The summed E-state index contributed by atoms with van der Waals surface area (Å²) < 4.78 is 5.30. The van der Waals surface area contributed by atoms with Crippen LogP contribution in [0.4, 0.5) is 17.6 Å². The number of aromatic nitrogens is 5. The molecule has 0 amide bonds. The van der Waals surface area contributed by atoms with Gasteiger partial charge >= 0.3 is 0 Å². The van der Waals surface area contributed by atoms with Gasteiger partial charge in [-0.2, -0.15) is 10.1 Å². The zero-order valence-electron chi connectivity index (χ0n) is 15.6. The summed E-state index contributed by atoms with van der Waals surface area (Å²) in [5, 5.41) is 16.0. The van der Waals surface area contributed by atoms with Crippen molar-refractivity contribution in [2.75, 3.05) is 10.6 Å². The highest BCUT2D eigenvalue weighted by atomic mass is 32.1. The standard InChI is InChI=1S/C19H21N7OS/c1-12-7-15(28-10-12)4-3-14-8-18(26-25-14)23-17-5-6-21-19(24-17)22-13(2)16-9-20-11-27-16/h5-11,13H,3-4H2,1-2H3,(H3,21,22,23,24,25,26). The monoisotopic (exact) mass is 395 g/mol. The average molecular weight is 395 g/mol. The van der Waals surface area contributed by atoms with E-state index in [1.807, 2.05) is 13.0 Å². The fraction of sp³-hybridized carbons (Fsp3) is 0.263. The summed E-state index contributed by atoms with van der Waals surface area (Å²) in [7, 11) is 0. The van der Waals surface area contributed by atoms with E-state index in [1.165, 1.54) is 16.8 Å². The lowest BCUT2D eigenvalue weighted by molar-refractivity contribution is 0.485. The molecule has 4 heterocycles. The molecule has 9 heteroatoms. The summed E-state index contributed by atoms with van der Waals surface area (Å²) in [5.74, 6) is 2.69. The molecule has 0 radical (unpaired) electrons. The lowest BCUT2D eigenvalue weighted by Gasteiger charge is -2.11. The van der Waals surface area contributed by atoms with Crippen LogP contribution >= 0.6 is 11.3 Å². The van der Waals surface area contributed by atoms with Crippen LogP contribution in [0.15, 0.2) is 46.8 Å². The number of hydrogen-bond acceptors (Lipinski definition) is 8. The number of hydrogen-bond donors (Lipinski definition) is 3. The summed E-state index contributed by atoms with van der Waals surface area (Å²) in [6.45, 7) is 4.08. The van der Waals surface area contributed by atoms with Gasteiger partial charge in [0, 0.05) is 17.1 Å². The number of nitrogens with one attached hydrogen (secondary N) is 3. The topological polar surface area (TPSA) is 105 Å². The van der Waals surface area contributed by atoms with Crippen LogP contribution in [-0.4, -0.2) is 25.1 Å². The van der Waals surface area contributed by atoms with Crippen molar-refractivity contribution >= 4 is 28.9 Å². The van der Waals surface area contributed by atoms with E-state index >= 15 is 0 Å². The molecule has 0 bridgehead atoms. The van der Waals surface area contributed by atoms with Crippen LogP contribution in [0.2, 0.25) is 0 Å². The van der Waals surface area contributed by atoms with Crippen LogP contribution in [0.25, 0.3) is 0 Å². The van der Waals surface area contributed by atoms with Gasteiger partial charge in [-0.1, -0.05) is 0 Å². The summed E-state index contributed by atoms with van der Waals surface area (Å²) >= 11 is 1.80. The number of anilines is 3. The molecule has 0 fully saturated rings. The van der Waals surface area contributed by atoms with E-state index in [0.29, 0.717) is 11.8 Å². The van der Waals surface area contributed by atoms with Crippen LogP contribution in [0, 0.1) is 6.92 Å². The fourth-order valence-electron chi connectivity index (χ4n) is 2.77. The van der Waals surface area contributed by atoms with Crippen LogP contribution in [0.5, 0.6) is 0 Å². The molecule has 3 N–H and O–H groups in total. The highest BCUT2D eigenvalue weighted by Gasteiger charge is 2.11. The molecule has 0 spiro atoms. The maximum Gasteiger partial charge on any atom is 0.225 e. The molecule has 4 rings (SSSR count). The maximum absolute atomic E-state index is 5.30. The van der Waals surface area contributed by atoms with Gasteiger partial charge in [0.15, 0.2) is 6.39 Å². The normalized spacial score (nSPS) is 12.1. The summed E-state index contributed by atoms with van der Waals surface area (Å²) in [6.07, 6.45) is 6.65. The largest absolute Gasteiger partial charge is 0.446 e. The van der Waals surface area contributed by atoms with E-state index in [4.69, 9.17) is 4.42 Å². The van der Waals surface area contributed by atoms with Crippen molar-refractivity contribution in [3.8, 4) is 0 Å². The van der Waals surface area contributed by atoms with E-state index in [2.05, 4.69) is 54.2 Å². The third-order valence-corrected chi connectivity index (χ3v) is 5.30. The van der Waals surface area contributed by atoms with E-state index < -0.39 is 0 Å². The molecule has 0 saturated heterocycles. The number of aryl methyl sites for hydroxylation is 3. The quantitative estimate of drug-likeness (QED) is 0.409. The van der Waals surface area contributed by atoms with Gasteiger partial charge in [0.25, 0.3) is 0 Å². The van der Waals surface area contributed by atoms with Crippen LogP contribution in [0.3, 0.4) is 0 Å². The van der Waals surface area contributed by atoms with E-state index in [1.54, 1.807) is 29.8 Å². The van der Waals surface area contributed by atoms with Crippen LogP contribution in [-0.2, 0) is 12.8 Å². The minimum atomic E-state index is -0.0857. The molecule has 4 aromatic rings. The Balaban J connectivity index is 1.36. The first-order chi connectivity index (χ1) is 13.7. The van der Waals surface area contributed by atoms with Gasteiger partial charge in [-0.15, -0.1) is 11.3 Å². The Bertz CT molecular complexity index is 1020. The molecule has 0 aliphatic carbocycles. The molecule has 0 saturated carbocycles. The number of aromatic amines is 1. The number of nitrogens with zero attached hydrogens (tertiary/aromatic N) is 4. The molecule has 1 unspecified atom stereocenters. The fourth-order valence-corrected chi connectivity index (χ4v) is 3.65. The Kier molecular flexibility index (Phi) is 5.34. The molecular formula is C19H21N7OS. The Labute approximate surface area is 166 Å². The lowest BCUT2D eigenvalue weighted by Crippen LogP contribution is -2.09. The Morgan fingerprint density at radius 1 is 1.29 bits per heavy atom. The second kappa shape index (κ2) is 8.22. The van der Waals surface area contributed by atoms with Crippen molar-refractivity contribution in [1.82, 2.24) is 25.1 Å². The zero-order valence-corrected chi connectivity index (χ0v) is 16.5. The summed E-state index contributed by atoms with van der Waals surface area (Å²) in [4.78, 5) is 14.0. The van der Waals surface area contributed by atoms with Crippen molar-refractivity contribution in [2.24, 2.45) is 0 Å². The van der Waals surface area contributed by atoms with Crippen molar-refractivity contribution in [3.05, 3.63) is 64.3 Å². The molecule has 4 aromatic heterocycles. The summed E-state index contributed by atoms with van der Waals surface area (Å²) in [5.41, 5.74) is 2.33. The van der Waals surface area contributed by atoms with Gasteiger partial charge in [0.1, 0.15) is 17.4 Å². The number of oxazole rings is 1. The van der Waals surface area contributed by atoms with Crippen molar-refractivity contribution in [1.29, 1.82) is 0 Å². The van der Waals surface area contributed by atoms with Crippen molar-refractivity contribution in [3.63, 3.8) is 0 Å². The van der Waals surface area contributed by atoms with Crippen LogP contribution in [0.1, 0.15) is 34.9 Å². The van der Waals surface area contributed by atoms with Gasteiger partial charge < -0.3 is 15.1 Å². The lowest BCUT2D eigenvalue weighted by atomic mass is 10.2. The van der Waals surface area contributed by atoms with Gasteiger partial charge in [0.05, 0.1) is 17.9 Å². The second-order valence-electron chi connectivity index (χ2n) is 6.52. The number of rotatable bonds is 8. The average Bonchev–Trinajstić information content (AvgIpc) is 3.42. The molecule has 0 aliphatic rings. The molecule has 1 atom stereocenters. The Morgan fingerprint density at radius 3 is 3.00 bits per heavy atom. The van der Waals surface area contributed by atoms with Crippen molar-refractivity contribution in [2.45, 2.75) is 32.7 Å². The molecule has 8 nitrogen and oxygen atoms in total. The third-order valence-electron chi connectivity index (χ3n) is 4.19. The minimum Gasteiger partial charge on any atom is -0.446 e. The minimum absolute atomic E-state index is 0.0857. The molecular weight excluding hydrogens is 374 g/mol. The first-order valence-electron chi connectivity index (χ1n) is 8.99. The van der Waals surface area contributed by atoms with Gasteiger partial charge in [0.2, 0.25) is 5.95 Å². The van der Waals surface area contributed by atoms with Gasteiger partial charge in [-0.05, 0) is 49.8 Å². The van der Waals surface area contributed by atoms with E-state index in [0.717, 1.165) is 30.1 Å². The maximum atomic E-state index is 5.30. The SMILES string of the molecule is Cc1csc(CCc2cc(Nc3ccnc(NC(C)c4cnco4)n3)[nH]n2)c1. The molecule has 28 heavy (non-hydrogen) atoms. The van der Waals surface area contributed by atoms with Gasteiger partial charge in [-0.3, -0.25) is 5.10 Å². The Hall–Kier alpha value is -3.20. The van der Waals surface area contributed by atoms with Gasteiger partial charge in [-0.25, -0.2) is 9.97 Å². The smallest absolute Gasteiger partial charge is 0.225 e. The highest BCUT2D eigenvalue weighted by Crippen LogP contribution is 2.20. The molecule has 0 aromatic carbocycles. The Morgan fingerprint density at radius 2 is 2.21 bits per heavy atom. The third kappa shape index (κ3) is 4.55. The van der Waals surface area contributed by atoms with E-state index in [9.17, 15) is 0 Å². The summed E-state index contributed by atoms with van der Waals surface area (Å²) in [6, 6.07) is 5.95. The predicted octanol–water partition coefficient (Wildman–Crippen LogP) is 4.26. The predicted molar refractivity (Wildman–Crippen MR) is 109 cm³/mol.